The Bertz CT molecular complexity index is 215. The van der Waals surface area contributed by atoms with Gasteiger partial charge in [-0.15, -0.1) is 0 Å². The smallest absolute Gasteiger partial charge is 0.412 e. The van der Waals surface area contributed by atoms with Crippen LogP contribution in [0.5, 0.6) is 0 Å². The van der Waals surface area contributed by atoms with Gasteiger partial charge in [-0.05, 0) is 6.42 Å². The van der Waals surface area contributed by atoms with Gasteiger partial charge in [-0.1, -0.05) is 0 Å². The highest BCUT2D eigenvalue weighted by molar-refractivity contribution is 5.68. The van der Waals surface area contributed by atoms with E-state index in [1.807, 2.05) is 0 Å². The number of nitro groups is 1. The van der Waals surface area contributed by atoms with Gasteiger partial charge < -0.3 is 14.7 Å². The average Bonchev–Trinajstić information content (AvgIpc) is 1.78. The number of aliphatic hydroxyl groups is 1. The normalized spacial score (nSPS) is 17.5. The van der Waals surface area contributed by atoms with Crippen LogP contribution in [0, 0.1) is 10.1 Å². The van der Waals surface area contributed by atoms with E-state index >= 15 is 0 Å². The number of ether oxygens (including phenoxy) is 1. The third kappa shape index (κ3) is 2.86. The lowest BCUT2D eigenvalue weighted by Crippen LogP contribution is -2.44. The number of amides is 1. The van der Waals surface area contributed by atoms with Crippen molar-refractivity contribution in [2.24, 2.45) is 0 Å². The summed E-state index contributed by atoms with van der Waals surface area (Å²) in [6.45, 7) is 0.396. The molecule has 1 aliphatic heterocycles. The van der Waals surface area contributed by atoms with Crippen molar-refractivity contribution in [2.75, 3.05) is 19.6 Å². The van der Waals surface area contributed by atoms with E-state index < -0.39 is 23.9 Å². The summed E-state index contributed by atoms with van der Waals surface area (Å²) in [6.07, 6.45) is -1.44. The largest absolute Gasteiger partial charge is 0.412 e. The van der Waals surface area contributed by atoms with Crippen molar-refractivity contribution in [3.63, 3.8) is 0 Å². The van der Waals surface area contributed by atoms with Crippen molar-refractivity contribution in [2.45, 2.75) is 12.7 Å². The summed E-state index contributed by atoms with van der Waals surface area (Å²) in [5.74, 6) is 0. The highest BCUT2D eigenvalue weighted by atomic mass is 16.7. The molecule has 1 saturated heterocycles. The number of carbonyl (C=O) groups is 1. The van der Waals surface area contributed by atoms with Crippen molar-refractivity contribution >= 4 is 6.09 Å². The minimum atomic E-state index is -1.65. The van der Waals surface area contributed by atoms with Crippen LogP contribution < -0.4 is 0 Å². The molecule has 0 radical (unpaired) electrons. The molecule has 0 aromatic heterocycles. The number of carbonyl (C=O) groups excluding carboxylic acids is 1. The van der Waals surface area contributed by atoms with E-state index in [2.05, 4.69) is 4.74 Å². The first-order chi connectivity index (χ1) is 6.09. The van der Waals surface area contributed by atoms with Crippen molar-refractivity contribution in [3.05, 3.63) is 10.1 Å². The van der Waals surface area contributed by atoms with Gasteiger partial charge in [0.05, 0.1) is 0 Å². The lowest BCUT2D eigenvalue weighted by molar-refractivity contribution is -0.500. The van der Waals surface area contributed by atoms with Crippen LogP contribution in [0.3, 0.4) is 0 Å². The van der Waals surface area contributed by atoms with E-state index in [9.17, 15) is 14.9 Å². The predicted molar refractivity (Wildman–Crippen MR) is 40.5 cm³/mol. The first kappa shape index (κ1) is 9.72. The predicted octanol–water partition coefficient (Wildman–Crippen LogP) is -0.576. The highest BCUT2D eigenvalue weighted by Crippen LogP contribution is 2.08. The molecule has 1 N–H and O–H groups in total. The minimum Gasteiger partial charge on any atom is -0.412 e. The number of hydrogen-bond donors (Lipinski definition) is 1. The van der Waals surface area contributed by atoms with Crippen LogP contribution in [0.4, 0.5) is 4.79 Å². The fourth-order valence-corrected chi connectivity index (χ4v) is 0.855. The first-order valence-electron chi connectivity index (χ1n) is 3.85. The highest BCUT2D eigenvalue weighted by Gasteiger charge is 2.25. The fraction of sp³-hybridized carbons (Fsp3) is 0.833. The summed E-state index contributed by atoms with van der Waals surface area (Å²) in [5, 5.41) is 18.7. The van der Waals surface area contributed by atoms with Crippen LogP contribution >= 0.6 is 0 Å². The van der Waals surface area contributed by atoms with E-state index in [0.29, 0.717) is 13.1 Å². The number of nitrogens with zero attached hydrogens (tertiary/aromatic N) is 2. The van der Waals surface area contributed by atoms with E-state index in [1.54, 1.807) is 0 Å². The van der Waals surface area contributed by atoms with E-state index in [1.165, 1.54) is 4.90 Å². The molecule has 0 bridgehead atoms. The molecule has 0 aromatic carbocycles. The maximum absolute atomic E-state index is 10.9. The molecule has 0 saturated carbocycles. The molecular weight excluding hydrogens is 180 g/mol. The van der Waals surface area contributed by atoms with Gasteiger partial charge in [-0.25, -0.2) is 4.79 Å². The van der Waals surface area contributed by atoms with Crippen LogP contribution in [0.15, 0.2) is 0 Å². The Kier molecular flexibility index (Phi) is 3.02. The summed E-state index contributed by atoms with van der Waals surface area (Å²) < 4.78 is 4.37. The molecule has 1 rings (SSSR count). The Morgan fingerprint density at radius 1 is 1.69 bits per heavy atom. The molecule has 0 aliphatic carbocycles. The number of aliphatic hydroxyl groups excluding tert-OH is 1. The Hall–Kier alpha value is -1.37. The molecule has 13 heavy (non-hydrogen) atoms. The van der Waals surface area contributed by atoms with Crippen LogP contribution in [-0.2, 0) is 4.74 Å². The second-order valence-corrected chi connectivity index (χ2v) is 2.69. The second-order valence-electron chi connectivity index (χ2n) is 2.69. The first-order valence-corrected chi connectivity index (χ1v) is 3.85. The van der Waals surface area contributed by atoms with Gasteiger partial charge in [-0.3, -0.25) is 10.1 Å². The average molecular weight is 190 g/mol. The van der Waals surface area contributed by atoms with Crippen LogP contribution in [0.25, 0.3) is 0 Å². The Morgan fingerprint density at radius 2 is 2.31 bits per heavy atom. The van der Waals surface area contributed by atoms with Crippen LogP contribution in [-0.4, -0.2) is 46.9 Å². The zero-order valence-corrected chi connectivity index (χ0v) is 6.88. The lowest BCUT2D eigenvalue weighted by atomic mass is 10.2. The molecule has 1 heterocycles. The topological polar surface area (TPSA) is 92.9 Å². The van der Waals surface area contributed by atoms with Crippen molar-refractivity contribution in [1.82, 2.24) is 4.90 Å². The van der Waals surface area contributed by atoms with E-state index in [0.717, 1.165) is 6.42 Å². The van der Waals surface area contributed by atoms with Gasteiger partial charge in [0.2, 0.25) is 0 Å². The van der Waals surface area contributed by atoms with Gasteiger partial charge >= 0.3 is 6.09 Å². The van der Waals surface area contributed by atoms with Crippen molar-refractivity contribution < 1.29 is 19.6 Å². The summed E-state index contributed by atoms with van der Waals surface area (Å²) in [4.78, 5) is 21.4. The van der Waals surface area contributed by atoms with Crippen LogP contribution in [0.1, 0.15) is 6.42 Å². The van der Waals surface area contributed by atoms with Gasteiger partial charge in [0.25, 0.3) is 12.8 Å². The zero-order valence-electron chi connectivity index (χ0n) is 6.88. The van der Waals surface area contributed by atoms with Crippen LogP contribution in [0.2, 0.25) is 0 Å². The monoisotopic (exact) mass is 190 g/mol. The zero-order chi connectivity index (χ0) is 9.84. The number of likely N-dealkylation sites (tertiary alicyclic amines) is 1. The maximum atomic E-state index is 10.9. The van der Waals surface area contributed by atoms with Gasteiger partial charge in [0.15, 0.2) is 0 Å². The molecule has 0 aromatic rings. The van der Waals surface area contributed by atoms with Gasteiger partial charge in [0.1, 0.15) is 0 Å². The standard InChI is InChI=1S/C6H10N2O5/c9-5(4-8(11)12)13-6(10)7-2-1-3-7/h5,9H,1-4H2. The summed E-state index contributed by atoms with van der Waals surface area (Å²) in [7, 11) is 0. The Balaban J connectivity index is 2.22. The third-order valence-electron chi connectivity index (χ3n) is 1.66. The van der Waals surface area contributed by atoms with Gasteiger partial charge in [0, 0.05) is 18.0 Å². The molecular formula is C6H10N2O5. The van der Waals surface area contributed by atoms with Crippen molar-refractivity contribution in [3.8, 4) is 0 Å². The fourth-order valence-electron chi connectivity index (χ4n) is 0.855. The number of hydrogen-bond acceptors (Lipinski definition) is 5. The SMILES string of the molecule is O=C(OC(O)C[N+](=O)[O-])N1CCC1. The summed E-state index contributed by atoms with van der Waals surface area (Å²) in [5.41, 5.74) is 0. The molecule has 1 atom stereocenters. The van der Waals surface area contributed by atoms with Gasteiger partial charge in [-0.2, -0.15) is 0 Å². The summed E-state index contributed by atoms with van der Waals surface area (Å²) >= 11 is 0. The molecule has 1 aliphatic rings. The molecule has 74 valence electrons. The Labute approximate surface area is 74.0 Å². The molecule has 7 nitrogen and oxygen atoms in total. The van der Waals surface area contributed by atoms with Crippen molar-refractivity contribution in [1.29, 1.82) is 0 Å². The molecule has 1 unspecified atom stereocenters. The minimum absolute atomic E-state index is 0.587. The number of rotatable bonds is 3. The van der Waals surface area contributed by atoms with E-state index in [4.69, 9.17) is 5.11 Å². The molecule has 1 amide bonds. The maximum Gasteiger partial charge on any atom is 0.412 e. The quantitative estimate of drug-likeness (QED) is 0.365. The lowest BCUT2D eigenvalue weighted by Gasteiger charge is -2.30. The third-order valence-corrected chi connectivity index (χ3v) is 1.66. The Morgan fingerprint density at radius 3 is 2.69 bits per heavy atom. The summed E-state index contributed by atoms with van der Waals surface area (Å²) in [6, 6.07) is 0. The molecule has 7 heteroatoms. The molecule has 0 spiro atoms. The van der Waals surface area contributed by atoms with E-state index in [-0.39, 0.29) is 0 Å². The molecule has 1 fully saturated rings. The second kappa shape index (κ2) is 4.04.